The van der Waals surface area contributed by atoms with Crippen LogP contribution in [0, 0.1) is 11.3 Å². The van der Waals surface area contributed by atoms with Crippen LogP contribution in [0.5, 0.6) is 17.2 Å². The molecule has 156 valence electrons. The number of carbonyl (C=O) groups is 1. The third kappa shape index (κ3) is 5.84. The molecule has 3 aromatic carbocycles. The Morgan fingerprint density at radius 2 is 1.71 bits per heavy atom. The number of ether oxygens (including phenoxy) is 3. The van der Waals surface area contributed by atoms with Crippen molar-refractivity contribution in [3.05, 3.63) is 89.0 Å². The minimum Gasteiger partial charge on any atom is -0.497 e. The Kier molecular flexibility index (Phi) is 7.22. The lowest BCUT2D eigenvalue weighted by molar-refractivity contribution is 0.0954. The molecule has 3 rings (SSSR count). The molecule has 0 bridgehead atoms. The summed E-state index contributed by atoms with van der Waals surface area (Å²) in [4.78, 5) is 12.4. The molecule has 31 heavy (non-hydrogen) atoms. The maximum absolute atomic E-state index is 12.4. The topological polar surface area (TPSA) is 92.9 Å². The van der Waals surface area contributed by atoms with Gasteiger partial charge in [-0.25, -0.2) is 5.43 Å². The quantitative estimate of drug-likeness (QED) is 0.445. The van der Waals surface area contributed by atoms with Gasteiger partial charge in [-0.1, -0.05) is 24.3 Å². The number of amides is 1. The second kappa shape index (κ2) is 10.5. The average molecular weight is 415 g/mol. The van der Waals surface area contributed by atoms with E-state index in [2.05, 4.69) is 16.6 Å². The first-order valence-electron chi connectivity index (χ1n) is 9.40. The predicted octanol–water partition coefficient (Wildman–Crippen LogP) is 3.92. The fraction of sp³-hybridized carbons (Fsp3) is 0.125. The van der Waals surface area contributed by atoms with Crippen LogP contribution in [0.2, 0.25) is 0 Å². The lowest BCUT2D eigenvalue weighted by Gasteiger charge is -2.09. The normalized spacial score (nSPS) is 10.4. The molecule has 0 atom stereocenters. The molecule has 1 amide bonds. The summed E-state index contributed by atoms with van der Waals surface area (Å²) in [6.07, 6.45) is 1.52. The van der Waals surface area contributed by atoms with Gasteiger partial charge in [0.1, 0.15) is 23.9 Å². The summed E-state index contributed by atoms with van der Waals surface area (Å²) < 4.78 is 16.2. The highest BCUT2D eigenvalue weighted by Gasteiger charge is 2.09. The van der Waals surface area contributed by atoms with E-state index >= 15 is 0 Å². The minimum atomic E-state index is -0.399. The van der Waals surface area contributed by atoms with E-state index in [1.54, 1.807) is 30.3 Å². The van der Waals surface area contributed by atoms with Crippen molar-refractivity contribution in [2.24, 2.45) is 5.10 Å². The van der Waals surface area contributed by atoms with Crippen LogP contribution in [-0.4, -0.2) is 26.3 Å². The van der Waals surface area contributed by atoms with Crippen LogP contribution < -0.4 is 19.6 Å². The molecule has 0 heterocycles. The molecule has 0 unspecified atom stereocenters. The highest BCUT2D eigenvalue weighted by atomic mass is 16.5. The third-order valence-corrected chi connectivity index (χ3v) is 4.38. The monoisotopic (exact) mass is 415 g/mol. The number of rotatable bonds is 8. The van der Waals surface area contributed by atoms with E-state index in [9.17, 15) is 4.79 Å². The van der Waals surface area contributed by atoms with Gasteiger partial charge in [-0.2, -0.15) is 10.4 Å². The van der Waals surface area contributed by atoms with Gasteiger partial charge < -0.3 is 14.2 Å². The summed E-state index contributed by atoms with van der Waals surface area (Å²) in [5, 5.41) is 12.9. The van der Waals surface area contributed by atoms with E-state index in [0.717, 1.165) is 5.56 Å². The van der Waals surface area contributed by atoms with E-state index in [-0.39, 0.29) is 0 Å². The highest BCUT2D eigenvalue weighted by Crippen LogP contribution is 2.22. The zero-order chi connectivity index (χ0) is 22.1. The molecule has 7 heteroatoms. The molecule has 0 saturated heterocycles. The number of nitrogens with zero attached hydrogens (tertiary/aromatic N) is 2. The standard InChI is InChI=1S/C24H21N3O4/c1-29-21-11-20(12-22(13-21)30-2)24(28)27-26-15-19-5-3-4-6-23(19)31-16-18-9-7-17(14-25)8-10-18/h3-13,15H,16H2,1-2H3,(H,27,28)/b26-15-. The van der Waals surface area contributed by atoms with Crippen LogP contribution in [0.15, 0.2) is 71.8 Å². The minimum absolute atomic E-state index is 0.340. The van der Waals surface area contributed by atoms with Crippen molar-refractivity contribution in [1.82, 2.24) is 5.43 Å². The zero-order valence-electron chi connectivity index (χ0n) is 17.2. The Morgan fingerprint density at radius 1 is 1.03 bits per heavy atom. The molecule has 0 saturated carbocycles. The van der Waals surface area contributed by atoms with Crippen LogP contribution >= 0.6 is 0 Å². The third-order valence-electron chi connectivity index (χ3n) is 4.38. The second-order valence-corrected chi connectivity index (χ2v) is 6.44. The zero-order valence-corrected chi connectivity index (χ0v) is 17.2. The average Bonchev–Trinajstić information content (AvgIpc) is 2.83. The summed E-state index contributed by atoms with van der Waals surface area (Å²) in [6.45, 7) is 0.340. The molecule has 0 radical (unpaired) electrons. The molecule has 1 N–H and O–H groups in total. The number of hydrogen-bond donors (Lipinski definition) is 1. The Hall–Kier alpha value is -4.31. The lowest BCUT2D eigenvalue weighted by atomic mass is 10.1. The van der Waals surface area contributed by atoms with Crippen LogP contribution in [0.3, 0.4) is 0 Å². The first-order chi connectivity index (χ1) is 15.1. The van der Waals surface area contributed by atoms with Crippen molar-refractivity contribution in [1.29, 1.82) is 5.26 Å². The summed E-state index contributed by atoms with van der Waals surface area (Å²) in [5.41, 5.74) is 5.10. The maximum atomic E-state index is 12.4. The second-order valence-electron chi connectivity index (χ2n) is 6.44. The van der Waals surface area contributed by atoms with Crippen molar-refractivity contribution in [3.63, 3.8) is 0 Å². The molecule has 0 aliphatic heterocycles. The Morgan fingerprint density at radius 3 is 2.35 bits per heavy atom. The van der Waals surface area contributed by atoms with Gasteiger partial charge in [0.25, 0.3) is 5.91 Å². The SMILES string of the molecule is COc1cc(OC)cc(C(=O)N/N=C\c2ccccc2OCc2ccc(C#N)cc2)c1. The Bertz CT molecular complexity index is 1100. The van der Waals surface area contributed by atoms with Crippen LogP contribution in [0.4, 0.5) is 0 Å². The molecule has 0 aliphatic carbocycles. The first-order valence-corrected chi connectivity index (χ1v) is 9.40. The van der Waals surface area contributed by atoms with Crippen molar-refractivity contribution in [2.75, 3.05) is 14.2 Å². The highest BCUT2D eigenvalue weighted by molar-refractivity contribution is 5.96. The summed E-state index contributed by atoms with van der Waals surface area (Å²) in [5.74, 6) is 1.24. The van der Waals surface area contributed by atoms with Crippen LogP contribution in [0.25, 0.3) is 0 Å². The number of nitrogens with one attached hydrogen (secondary N) is 1. The first kappa shape index (κ1) is 21.4. The van der Waals surface area contributed by atoms with E-state index in [1.165, 1.54) is 20.4 Å². The van der Waals surface area contributed by atoms with E-state index in [4.69, 9.17) is 19.5 Å². The molecule has 0 aromatic heterocycles. The van der Waals surface area contributed by atoms with Crippen molar-refractivity contribution in [2.45, 2.75) is 6.61 Å². The summed E-state index contributed by atoms with van der Waals surface area (Å²) in [7, 11) is 3.03. The number of hydrogen-bond acceptors (Lipinski definition) is 6. The van der Waals surface area contributed by atoms with E-state index in [1.807, 2.05) is 36.4 Å². The number of methoxy groups -OCH3 is 2. The van der Waals surface area contributed by atoms with Crippen LogP contribution in [-0.2, 0) is 6.61 Å². The van der Waals surface area contributed by atoms with E-state index in [0.29, 0.717) is 40.5 Å². The number of hydrazone groups is 1. The summed E-state index contributed by atoms with van der Waals surface area (Å²) >= 11 is 0. The van der Waals surface area contributed by atoms with Gasteiger partial charge in [-0.3, -0.25) is 4.79 Å². The number of carbonyl (C=O) groups excluding carboxylic acids is 1. The van der Waals surface area contributed by atoms with Gasteiger partial charge in [0.15, 0.2) is 0 Å². The lowest BCUT2D eigenvalue weighted by Crippen LogP contribution is -2.17. The van der Waals surface area contributed by atoms with Crippen molar-refractivity contribution >= 4 is 12.1 Å². The molecule has 7 nitrogen and oxygen atoms in total. The van der Waals surface area contributed by atoms with Gasteiger partial charge in [0, 0.05) is 17.2 Å². The molecular weight excluding hydrogens is 394 g/mol. The number of para-hydroxylation sites is 1. The number of nitriles is 1. The Labute approximate surface area is 180 Å². The summed E-state index contributed by atoms with van der Waals surface area (Å²) in [6, 6.07) is 21.5. The fourth-order valence-corrected chi connectivity index (χ4v) is 2.72. The largest absolute Gasteiger partial charge is 0.497 e. The van der Waals surface area contributed by atoms with Crippen molar-refractivity contribution < 1.29 is 19.0 Å². The van der Waals surface area contributed by atoms with Gasteiger partial charge in [-0.15, -0.1) is 0 Å². The molecule has 3 aromatic rings. The van der Waals surface area contributed by atoms with Gasteiger partial charge in [-0.05, 0) is 42.0 Å². The van der Waals surface area contributed by atoms with E-state index < -0.39 is 5.91 Å². The molecular formula is C24H21N3O4. The molecule has 0 fully saturated rings. The fourth-order valence-electron chi connectivity index (χ4n) is 2.72. The van der Waals surface area contributed by atoms with Crippen LogP contribution in [0.1, 0.15) is 27.0 Å². The number of benzene rings is 3. The van der Waals surface area contributed by atoms with Crippen molar-refractivity contribution in [3.8, 4) is 23.3 Å². The molecule has 0 aliphatic rings. The van der Waals surface area contributed by atoms with Gasteiger partial charge in [0.05, 0.1) is 32.1 Å². The predicted molar refractivity (Wildman–Crippen MR) is 117 cm³/mol. The molecule has 0 spiro atoms. The van der Waals surface area contributed by atoms with Gasteiger partial charge >= 0.3 is 0 Å². The Balaban J connectivity index is 1.66. The smallest absolute Gasteiger partial charge is 0.271 e. The maximum Gasteiger partial charge on any atom is 0.271 e. The van der Waals surface area contributed by atoms with Gasteiger partial charge in [0.2, 0.25) is 0 Å².